The van der Waals surface area contributed by atoms with E-state index in [2.05, 4.69) is 15.4 Å². The van der Waals surface area contributed by atoms with Crippen LogP contribution in [-0.4, -0.2) is 42.3 Å². The first-order valence-corrected chi connectivity index (χ1v) is 8.22. The highest BCUT2D eigenvalue weighted by atomic mass is 31.2. The molecule has 4 saturated heterocycles. The Morgan fingerprint density at radius 1 is 1.16 bits per heavy atom. The molecular formula is C10H19N4O4P. The molecule has 2 bridgehead atoms. The van der Waals surface area contributed by atoms with Crippen LogP contribution >= 0.6 is 7.82 Å². The molecule has 4 heterocycles. The molecule has 0 atom stereocenters. The number of guanidine groups is 1. The third-order valence-electron chi connectivity index (χ3n) is 3.40. The van der Waals surface area contributed by atoms with E-state index in [1.807, 2.05) is 0 Å². The minimum atomic E-state index is -3.33. The van der Waals surface area contributed by atoms with Crippen molar-refractivity contribution in [3.05, 3.63) is 0 Å². The van der Waals surface area contributed by atoms with Crippen molar-refractivity contribution in [2.45, 2.75) is 32.1 Å². The monoisotopic (exact) mass is 290 g/mol. The maximum atomic E-state index is 11.2. The number of rotatable bonds is 3. The van der Waals surface area contributed by atoms with Gasteiger partial charge in [-0.05, 0) is 25.9 Å². The van der Waals surface area contributed by atoms with E-state index in [1.54, 1.807) is 0 Å². The molecule has 8 nitrogen and oxygen atoms in total. The van der Waals surface area contributed by atoms with E-state index in [0.717, 1.165) is 24.9 Å². The number of hydrogen-bond donors (Lipinski definition) is 1. The summed E-state index contributed by atoms with van der Waals surface area (Å²) in [4.78, 5) is 6.70. The maximum absolute atomic E-state index is 11.2. The average molecular weight is 290 g/mol. The van der Waals surface area contributed by atoms with Crippen LogP contribution in [0.25, 0.3) is 0 Å². The summed E-state index contributed by atoms with van der Waals surface area (Å²) in [5.41, 5.74) is 2.46. The fraction of sp³-hybridized carbons (Fsp3) is 0.900. The van der Waals surface area contributed by atoms with Crippen LogP contribution in [0.5, 0.6) is 0 Å². The third-order valence-corrected chi connectivity index (χ3v) is 4.41. The summed E-state index contributed by atoms with van der Waals surface area (Å²) in [5, 5.41) is 0.998. The van der Waals surface area contributed by atoms with E-state index < -0.39 is 7.82 Å². The Balaban J connectivity index is 1.43. The Morgan fingerprint density at radius 3 is 2.47 bits per heavy atom. The molecular weight excluding hydrogens is 271 g/mol. The Labute approximate surface area is 112 Å². The molecule has 0 unspecified atom stereocenters. The van der Waals surface area contributed by atoms with Crippen molar-refractivity contribution in [1.82, 2.24) is 15.6 Å². The maximum Gasteiger partial charge on any atom is 0.543 e. The largest absolute Gasteiger partial charge is 0.543 e. The molecule has 4 rings (SSSR count). The first kappa shape index (κ1) is 13.3. The van der Waals surface area contributed by atoms with Crippen LogP contribution in [0, 0.1) is 0 Å². The second-order valence-corrected chi connectivity index (χ2v) is 6.28. The van der Waals surface area contributed by atoms with Crippen molar-refractivity contribution in [2.75, 3.05) is 26.2 Å². The van der Waals surface area contributed by atoms with E-state index in [9.17, 15) is 4.57 Å². The normalized spacial score (nSPS) is 34.3. The number of hydrogen-bond acceptors (Lipinski definition) is 6. The van der Waals surface area contributed by atoms with Crippen LogP contribution in [0.15, 0.2) is 4.99 Å². The summed E-state index contributed by atoms with van der Waals surface area (Å²) in [6, 6.07) is 0. The Bertz CT molecular complexity index is 379. The molecule has 0 spiro atoms. The minimum absolute atomic E-state index is 0.310. The molecule has 0 aromatic heterocycles. The van der Waals surface area contributed by atoms with Gasteiger partial charge in [0.15, 0.2) is 0 Å². The number of fused-ring (bicyclic) bond motifs is 2. The average Bonchev–Trinajstić information content (AvgIpc) is 2.32. The summed E-state index contributed by atoms with van der Waals surface area (Å²) >= 11 is 0. The molecule has 19 heavy (non-hydrogen) atoms. The Hall–Kier alpha value is -0.660. The van der Waals surface area contributed by atoms with Gasteiger partial charge in [-0.15, -0.1) is 9.25 Å². The van der Waals surface area contributed by atoms with Crippen LogP contribution in [0.1, 0.15) is 32.1 Å². The lowest BCUT2D eigenvalue weighted by molar-refractivity contribution is -0.324. The number of phosphoric acid groups is 1. The van der Waals surface area contributed by atoms with Gasteiger partial charge >= 0.3 is 7.82 Å². The van der Waals surface area contributed by atoms with Gasteiger partial charge in [0.25, 0.3) is 5.96 Å². The molecule has 4 aliphatic rings. The SMILES string of the molecule is O=P12ONC(=NCCN3CCCCCCC3)N(O1)O2. The lowest BCUT2D eigenvalue weighted by Gasteiger charge is -2.39. The highest BCUT2D eigenvalue weighted by molar-refractivity contribution is 7.49. The predicted molar refractivity (Wildman–Crippen MR) is 67.7 cm³/mol. The van der Waals surface area contributed by atoms with Gasteiger partial charge in [-0.1, -0.05) is 24.5 Å². The van der Waals surface area contributed by atoms with Crippen molar-refractivity contribution < 1.29 is 18.4 Å². The van der Waals surface area contributed by atoms with E-state index in [-0.39, 0.29) is 0 Å². The van der Waals surface area contributed by atoms with Gasteiger partial charge in [-0.25, -0.2) is 15.0 Å². The van der Waals surface area contributed by atoms with Gasteiger partial charge < -0.3 is 4.90 Å². The van der Waals surface area contributed by atoms with Gasteiger partial charge in [0.05, 0.1) is 6.54 Å². The summed E-state index contributed by atoms with van der Waals surface area (Å²) in [7, 11) is -3.33. The van der Waals surface area contributed by atoms with Crippen molar-refractivity contribution in [3.8, 4) is 0 Å². The number of likely N-dealkylation sites (tertiary alicyclic amines) is 1. The highest BCUT2D eigenvalue weighted by Gasteiger charge is 2.53. The molecule has 108 valence electrons. The first-order valence-electron chi connectivity index (χ1n) is 6.76. The van der Waals surface area contributed by atoms with Crippen LogP contribution in [0.2, 0.25) is 0 Å². The number of aliphatic imine (C=N–C) groups is 1. The van der Waals surface area contributed by atoms with Crippen LogP contribution in [0.3, 0.4) is 0 Å². The third kappa shape index (κ3) is 3.27. The summed E-state index contributed by atoms with van der Waals surface area (Å²) in [6.07, 6.45) is 6.54. The zero-order valence-electron chi connectivity index (χ0n) is 10.8. The first-order chi connectivity index (χ1) is 9.25. The van der Waals surface area contributed by atoms with Crippen LogP contribution in [-0.2, 0) is 18.4 Å². The van der Waals surface area contributed by atoms with Crippen LogP contribution in [0.4, 0.5) is 0 Å². The van der Waals surface area contributed by atoms with Crippen molar-refractivity contribution in [3.63, 3.8) is 0 Å². The smallest absolute Gasteiger partial charge is 0.301 e. The molecule has 9 heteroatoms. The number of nitrogens with zero attached hydrogens (tertiary/aromatic N) is 3. The van der Waals surface area contributed by atoms with Gasteiger partial charge in [0.1, 0.15) is 0 Å². The molecule has 0 saturated carbocycles. The highest BCUT2D eigenvalue weighted by Crippen LogP contribution is 2.60. The number of nitrogens with one attached hydrogen (secondary N) is 1. The lowest BCUT2D eigenvalue weighted by Crippen LogP contribution is -2.52. The molecule has 0 radical (unpaired) electrons. The summed E-state index contributed by atoms with van der Waals surface area (Å²) in [5.74, 6) is 0.310. The van der Waals surface area contributed by atoms with Gasteiger partial charge in [0, 0.05) is 6.54 Å². The Kier molecular flexibility index (Phi) is 4.04. The summed E-state index contributed by atoms with van der Waals surface area (Å²) in [6.45, 7) is 3.80. The predicted octanol–water partition coefficient (Wildman–Crippen LogP) is 1.43. The minimum Gasteiger partial charge on any atom is -0.301 e. The zero-order valence-corrected chi connectivity index (χ0v) is 11.7. The Morgan fingerprint density at radius 2 is 1.84 bits per heavy atom. The van der Waals surface area contributed by atoms with Crippen molar-refractivity contribution in [1.29, 1.82) is 0 Å². The van der Waals surface area contributed by atoms with Crippen LogP contribution < -0.4 is 5.48 Å². The number of hydroxylamine groups is 3. The van der Waals surface area contributed by atoms with E-state index in [4.69, 9.17) is 13.9 Å². The van der Waals surface area contributed by atoms with Gasteiger partial charge in [0.2, 0.25) is 0 Å². The lowest BCUT2D eigenvalue weighted by atomic mass is 10.1. The molecule has 1 N–H and O–H groups in total. The molecule has 0 aromatic carbocycles. The van der Waals surface area contributed by atoms with Crippen molar-refractivity contribution >= 4 is 13.8 Å². The van der Waals surface area contributed by atoms with Gasteiger partial charge in [-0.3, -0.25) is 0 Å². The fourth-order valence-electron chi connectivity index (χ4n) is 2.36. The zero-order chi connectivity index (χ0) is 13.1. The van der Waals surface area contributed by atoms with E-state index in [1.165, 1.54) is 32.1 Å². The topological polar surface area (TPSA) is 75.6 Å². The van der Waals surface area contributed by atoms with E-state index in [0.29, 0.717) is 12.5 Å². The van der Waals surface area contributed by atoms with Crippen molar-refractivity contribution in [2.24, 2.45) is 4.99 Å². The van der Waals surface area contributed by atoms with E-state index >= 15 is 0 Å². The van der Waals surface area contributed by atoms with Gasteiger partial charge in [-0.2, -0.15) is 4.62 Å². The molecule has 4 fully saturated rings. The molecule has 4 aliphatic heterocycles. The second-order valence-electron chi connectivity index (χ2n) is 4.88. The molecule has 0 aliphatic carbocycles. The quantitative estimate of drug-likeness (QED) is 0.788. The fourth-order valence-corrected chi connectivity index (χ4v) is 3.15. The second kappa shape index (κ2) is 5.76. The molecule has 0 aromatic rings. The standard InChI is InChI=1S/C10H19N4O4P/c15-19-16-12-10(14(17-19)18-19)11-6-9-13-7-4-2-1-3-5-8-13/h1-9H2,(H,11,12). The summed E-state index contributed by atoms with van der Waals surface area (Å²) < 4.78 is 25.5. The molecule has 0 amide bonds.